The smallest absolute Gasteiger partial charge is 0.267 e. The number of hydrogen-bond donors (Lipinski definition) is 1. The summed E-state index contributed by atoms with van der Waals surface area (Å²) in [6.45, 7) is 8.28. The average Bonchev–Trinajstić information content (AvgIpc) is 2.17. The van der Waals surface area contributed by atoms with Crippen molar-refractivity contribution in [2.45, 2.75) is 46.5 Å². The Kier molecular flexibility index (Phi) is 3.44. The molecule has 0 aliphatic heterocycles. The van der Waals surface area contributed by atoms with Gasteiger partial charge >= 0.3 is 0 Å². The monoisotopic (exact) mass is 194 g/mol. The number of aryl methyl sites for hydroxylation is 1. The molecule has 0 atom stereocenters. The standard InChI is InChI=1S/C11H18N2O/c1-5-8-10(7(3)4)9(6-2)12-13-11(8)14/h7H,5-6H2,1-4H3,(H,13,14). The summed E-state index contributed by atoms with van der Waals surface area (Å²) < 4.78 is 0. The molecule has 0 saturated heterocycles. The minimum absolute atomic E-state index is 0.0339. The van der Waals surface area contributed by atoms with Gasteiger partial charge in [0.05, 0.1) is 5.69 Å². The number of nitrogens with one attached hydrogen (secondary N) is 1. The van der Waals surface area contributed by atoms with Gasteiger partial charge in [-0.15, -0.1) is 0 Å². The molecule has 3 nitrogen and oxygen atoms in total. The molecule has 1 aromatic heterocycles. The van der Waals surface area contributed by atoms with E-state index in [1.54, 1.807) is 0 Å². The summed E-state index contributed by atoms with van der Waals surface area (Å²) in [6.07, 6.45) is 1.65. The molecule has 0 unspecified atom stereocenters. The van der Waals surface area contributed by atoms with E-state index in [0.717, 1.165) is 29.7 Å². The molecule has 0 spiro atoms. The van der Waals surface area contributed by atoms with E-state index in [1.165, 1.54) is 0 Å². The highest BCUT2D eigenvalue weighted by Gasteiger charge is 2.14. The first-order valence-electron chi connectivity index (χ1n) is 5.22. The Morgan fingerprint density at radius 3 is 2.36 bits per heavy atom. The summed E-state index contributed by atoms with van der Waals surface area (Å²) in [5.74, 6) is 0.370. The number of H-pyrrole nitrogens is 1. The van der Waals surface area contributed by atoms with Crippen LogP contribution >= 0.6 is 0 Å². The van der Waals surface area contributed by atoms with Gasteiger partial charge in [0, 0.05) is 5.56 Å². The Morgan fingerprint density at radius 1 is 1.29 bits per heavy atom. The van der Waals surface area contributed by atoms with Gasteiger partial charge in [-0.05, 0) is 24.3 Å². The molecule has 0 radical (unpaired) electrons. The number of hydrogen-bond acceptors (Lipinski definition) is 2. The summed E-state index contributed by atoms with van der Waals surface area (Å²) in [5, 5.41) is 6.65. The maximum atomic E-state index is 11.5. The van der Waals surface area contributed by atoms with Gasteiger partial charge in [-0.3, -0.25) is 4.79 Å². The third-order valence-electron chi connectivity index (χ3n) is 2.47. The van der Waals surface area contributed by atoms with E-state index in [2.05, 4.69) is 31.0 Å². The molecule has 1 N–H and O–H groups in total. The molecule has 0 bridgehead atoms. The van der Waals surface area contributed by atoms with Crippen molar-refractivity contribution in [3.8, 4) is 0 Å². The van der Waals surface area contributed by atoms with Gasteiger partial charge < -0.3 is 0 Å². The summed E-state index contributed by atoms with van der Waals surface area (Å²) in [6, 6.07) is 0. The second-order valence-electron chi connectivity index (χ2n) is 3.75. The van der Waals surface area contributed by atoms with E-state index in [1.807, 2.05) is 6.92 Å². The first kappa shape index (κ1) is 11.0. The summed E-state index contributed by atoms with van der Waals surface area (Å²) in [5.41, 5.74) is 3.02. The van der Waals surface area contributed by atoms with Crippen LogP contribution in [0.3, 0.4) is 0 Å². The topological polar surface area (TPSA) is 45.8 Å². The lowest BCUT2D eigenvalue weighted by atomic mass is 9.94. The minimum Gasteiger partial charge on any atom is -0.268 e. The summed E-state index contributed by atoms with van der Waals surface area (Å²) in [7, 11) is 0. The minimum atomic E-state index is -0.0339. The van der Waals surface area contributed by atoms with Crippen LogP contribution in [0.25, 0.3) is 0 Å². The third kappa shape index (κ3) is 1.86. The molecular weight excluding hydrogens is 176 g/mol. The van der Waals surface area contributed by atoms with Gasteiger partial charge in [0.15, 0.2) is 0 Å². The highest BCUT2D eigenvalue weighted by atomic mass is 16.1. The maximum absolute atomic E-state index is 11.5. The third-order valence-corrected chi connectivity index (χ3v) is 2.47. The van der Waals surface area contributed by atoms with Gasteiger partial charge in [-0.1, -0.05) is 27.7 Å². The van der Waals surface area contributed by atoms with Crippen LogP contribution in [-0.2, 0) is 12.8 Å². The molecule has 0 saturated carbocycles. The number of aromatic amines is 1. The molecule has 0 aliphatic carbocycles. The lowest BCUT2D eigenvalue weighted by Crippen LogP contribution is -2.20. The zero-order chi connectivity index (χ0) is 10.7. The molecule has 0 aromatic carbocycles. The van der Waals surface area contributed by atoms with Crippen LogP contribution in [0.4, 0.5) is 0 Å². The molecule has 14 heavy (non-hydrogen) atoms. The van der Waals surface area contributed by atoms with Crippen molar-refractivity contribution in [2.24, 2.45) is 0 Å². The fraction of sp³-hybridized carbons (Fsp3) is 0.636. The van der Waals surface area contributed by atoms with E-state index in [-0.39, 0.29) is 5.56 Å². The van der Waals surface area contributed by atoms with E-state index in [9.17, 15) is 4.79 Å². The predicted octanol–water partition coefficient (Wildman–Crippen LogP) is 2.02. The van der Waals surface area contributed by atoms with Gasteiger partial charge in [-0.25, -0.2) is 5.10 Å². The molecule has 1 heterocycles. The van der Waals surface area contributed by atoms with E-state index in [4.69, 9.17) is 0 Å². The van der Waals surface area contributed by atoms with E-state index in [0.29, 0.717) is 5.92 Å². The lowest BCUT2D eigenvalue weighted by Gasteiger charge is -2.13. The zero-order valence-electron chi connectivity index (χ0n) is 9.35. The van der Waals surface area contributed by atoms with Gasteiger partial charge in [0.2, 0.25) is 0 Å². The SMILES string of the molecule is CCc1n[nH]c(=O)c(CC)c1C(C)C. The van der Waals surface area contributed by atoms with Crippen molar-refractivity contribution >= 4 is 0 Å². The van der Waals surface area contributed by atoms with E-state index < -0.39 is 0 Å². The van der Waals surface area contributed by atoms with Crippen molar-refractivity contribution in [3.63, 3.8) is 0 Å². The molecule has 1 aromatic rings. The van der Waals surface area contributed by atoms with Crippen LogP contribution in [0.1, 0.15) is 50.4 Å². The van der Waals surface area contributed by atoms with Crippen molar-refractivity contribution in [1.82, 2.24) is 10.2 Å². The molecule has 0 amide bonds. The fourth-order valence-electron chi connectivity index (χ4n) is 1.84. The normalized spacial score (nSPS) is 10.9. The second-order valence-corrected chi connectivity index (χ2v) is 3.75. The Balaban J connectivity index is 3.44. The molecule has 0 aliphatic rings. The Labute approximate surface area is 84.6 Å². The van der Waals surface area contributed by atoms with Crippen LogP contribution in [0.15, 0.2) is 4.79 Å². The number of aromatic nitrogens is 2. The van der Waals surface area contributed by atoms with Crippen LogP contribution in [-0.4, -0.2) is 10.2 Å². The highest BCUT2D eigenvalue weighted by molar-refractivity contribution is 5.30. The van der Waals surface area contributed by atoms with E-state index >= 15 is 0 Å². The van der Waals surface area contributed by atoms with Crippen molar-refractivity contribution in [2.75, 3.05) is 0 Å². The average molecular weight is 194 g/mol. The van der Waals surface area contributed by atoms with Crippen LogP contribution in [0.5, 0.6) is 0 Å². The van der Waals surface area contributed by atoms with Crippen molar-refractivity contribution in [1.29, 1.82) is 0 Å². The first-order chi connectivity index (χ1) is 6.61. The Morgan fingerprint density at radius 2 is 1.93 bits per heavy atom. The highest BCUT2D eigenvalue weighted by Crippen LogP contribution is 2.20. The summed E-state index contributed by atoms with van der Waals surface area (Å²) in [4.78, 5) is 11.5. The molecule has 1 rings (SSSR count). The van der Waals surface area contributed by atoms with Gasteiger partial charge in [0.25, 0.3) is 5.56 Å². The van der Waals surface area contributed by atoms with Gasteiger partial charge in [0.1, 0.15) is 0 Å². The molecular formula is C11H18N2O. The van der Waals surface area contributed by atoms with Crippen LogP contribution in [0, 0.1) is 0 Å². The quantitative estimate of drug-likeness (QED) is 0.800. The number of nitrogens with zero attached hydrogens (tertiary/aromatic N) is 1. The lowest BCUT2D eigenvalue weighted by molar-refractivity contribution is 0.759. The zero-order valence-corrected chi connectivity index (χ0v) is 9.35. The molecule has 78 valence electrons. The largest absolute Gasteiger partial charge is 0.268 e. The van der Waals surface area contributed by atoms with Crippen LogP contribution in [0.2, 0.25) is 0 Å². The summed E-state index contributed by atoms with van der Waals surface area (Å²) >= 11 is 0. The van der Waals surface area contributed by atoms with Crippen LogP contribution < -0.4 is 5.56 Å². The Hall–Kier alpha value is -1.12. The molecule has 0 fully saturated rings. The Bertz CT molecular complexity index is 366. The van der Waals surface area contributed by atoms with Crippen molar-refractivity contribution in [3.05, 3.63) is 27.2 Å². The van der Waals surface area contributed by atoms with Gasteiger partial charge in [-0.2, -0.15) is 5.10 Å². The molecule has 3 heteroatoms. The first-order valence-corrected chi connectivity index (χ1v) is 5.22. The maximum Gasteiger partial charge on any atom is 0.267 e. The van der Waals surface area contributed by atoms with Crippen molar-refractivity contribution < 1.29 is 0 Å². The second kappa shape index (κ2) is 4.40. The predicted molar refractivity (Wildman–Crippen MR) is 57.7 cm³/mol. The fourth-order valence-corrected chi connectivity index (χ4v) is 1.84. The number of rotatable bonds is 3.